The lowest BCUT2D eigenvalue weighted by Crippen LogP contribution is -1.99. The molecule has 0 rings (SSSR count). The van der Waals surface area contributed by atoms with Crippen LogP contribution in [0.3, 0.4) is 0 Å². The van der Waals surface area contributed by atoms with Crippen molar-refractivity contribution in [1.29, 1.82) is 0 Å². The number of unbranched alkanes of at least 4 members (excludes halogenated alkanes) is 10. The summed E-state index contributed by atoms with van der Waals surface area (Å²) >= 11 is 0. The summed E-state index contributed by atoms with van der Waals surface area (Å²) in [4.78, 5) is 21.9. The van der Waals surface area contributed by atoms with Crippen molar-refractivity contribution < 1.29 is 19.1 Å². The molecule has 156 valence electrons. The van der Waals surface area contributed by atoms with Crippen molar-refractivity contribution >= 4 is 11.9 Å². The quantitative estimate of drug-likeness (QED) is 0.159. The fraction of sp³-hybridized carbons (Fsp3) is 0.739. The molecule has 0 aromatic carbocycles. The Labute approximate surface area is 166 Å². The topological polar surface area (TPSA) is 52.6 Å². The summed E-state index contributed by atoms with van der Waals surface area (Å²) in [5, 5.41) is 0. The second-order valence-electron chi connectivity index (χ2n) is 6.94. The maximum absolute atomic E-state index is 11.0. The molecule has 0 N–H and O–H groups in total. The molecule has 0 unspecified atom stereocenters. The van der Waals surface area contributed by atoms with Crippen LogP contribution in [0.2, 0.25) is 0 Å². The van der Waals surface area contributed by atoms with E-state index in [1.54, 1.807) is 0 Å². The molecule has 0 amide bonds. The predicted octanol–water partition coefficient (Wildman–Crippen LogP) is 6.30. The summed E-state index contributed by atoms with van der Waals surface area (Å²) in [6.45, 7) is 0. The molecule has 0 aliphatic heterocycles. The van der Waals surface area contributed by atoms with E-state index in [2.05, 4.69) is 33.8 Å². The smallest absolute Gasteiger partial charge is 0.305 e. The number of carbonyl (C=O) groups is 2. The van der Waals surface area contributed by atoms with Crippen molar-refractivity contribution in [1.82, 2.24) is 0 Å². The molecule has 0 aliphatic rings. The lowest BCUT2D eigenvalue weighted by atomic mass is 10.1. The van der Waals surface area contributed by atoms with Crippen molar-refractivity contribution in [2.45, 2.75) is 96.3 Å². The van der Waals surface area contributed by atoms with Gasteiger partial charge >= 0.3 is 11.9 Å². The highest BCUT2D eigenvalue weighted by Crippen LogP contribution is 2.09. The molecule has 0 spiro atoms. The van der Waals surface area contributed by atoms with Crippen molar-refractivity contribution in [3.8, 4) is 0 Å². The normalized spacial score (nSPS) is 11.3. The van der Waals surface area contributed by atoms with E-state index in [-0.39, 0.29) is 11.9 Å². The van der Waals surface area contributed by atoms with Gasteiger partial charge in [-0.3, -0.25) is 9.59 Å². The van der Waals surface area contributed by atoms with Gasteiger partial charge in [-0.2, -0.15) is 0 Å². The van der Waals surface area contributed by atoms with Crippen LogP contribution < -0.4 is 0 Å². The van der Waals surface area contributed by atoms with Gasteiger partial charge in [0, 0.05) is 12.8 Å². The second kappa shape index (κ2) is 20.7. The third-order valence-corrected chi connectivity index (χ3v) is 4.56. The first-order valence-corrected chi connectivity index (χ1v) is 10.6. The Balaban J connectivity index is 3.25. The summed E-state index contributed by atoms with van der Waals surface area (Å²) in [5.41, 5.74) is 0. The first kappa shape index (κ1) is 25.4. The van der Waals surface area contributed by atoms with Crippen LogP contribution in [0, 0.1) is 0 Å². The van der Waals surface area contributed by atoms with Gasteiger partial charge in [0.25, 0.3) is 0 Å². The van der Waals surface area contributed by atoms with Crippen LogP contribution in [0.25, 0.3) is 0 Å². The molecule has 0 aromatic rings. The summed E-state index contributed by atoms with van der Waals surface area (Å²) < 4.78 is 9.25. The van der Waals surface area contributed by atoms with E-state index >= 15 is 0 Å². The second-order valence-corrected chi connectivity index (χ2v) is 6.94. The largest absolute Gasteiger partial charge is 0.469 e. The molecule has 0 bridgehead atoms. The number of rotatable bonds is 18. The minimum Gasteiger partial charge on any atom is -0.469 e. The summed E-state index contributed by atoms with van der Waals surface area (Å²) in [6, 6.07) is 0. The lowest BCUT2D eigenvalue weighted by Gasteiger charge is -2.00. The number of carbonyl (C=O) groups excluding carboxylic acids is 2. The highest BCUT2D eigenvalue weighted by Gasteiger charge is 1.99. The van der Waals surface area contributed by atoms with Gasteiger partial charge in [-0.25, -0.2) is 0 Å². The van der Waals surface area contributed by atoms with Crippen molar-refractivity contribution in [2.24, 2.45) is 0 Å². The van der Waals surface area contributed by atoms with Crippen LogP contribution in [0.5, 0.6) is 0 Å². The molecule has 4 heteroatoms. The number of allylic oxidation sites excluding steroid dienone is 4. The van der Waals surface area contributed by atoms with Crippen LogP contribution in [-0.4, -0.2) is 26.2 Å². The fourth-order valence-electron chi connectivity index (χ4n) is 2.83. The standard InChI is InChI=1S/C23H40O4/c1-26-22(24)20-18-16-14-12-10-8-6-4-3-5-7-9-11-13-15-17-19-21-23(25)27-2/h4-7H,3,8-21H2,1-2H3. The molecule has 0 atom stereocenters. The molecular weight excluding hydrogens is 340 g/mol. The van der Waals surface area contributed by atoms with Crippen LogP contribution in [-0.2, 0) is 19.1 Å². The Hall–Kier alpha value is -1.58. The van der Waals surface area contributed by atoms with Gasteiger partial charge in [-0.1, -0.05) is 62.8 Å². The van der Waals surface area contributed by atoms with E-state index < -0.39 is 0 Å². The molecule has 0 saturated heterocycles. The number of hydrogen-bond acceptors (Lipinski definition) is 4. The Kier molecular flexibility index (Phi) is 19.5. The van der Waals surface area contributed by atoms with Crippen molar-refractivity contribution in [3.05, 3.63) is 24.3 Å². The summed E-state index contributed by atoms with van der Waals surface area (Å²) in [6.07, 6.45) is 25.0. The average Bonchev–Trinajstić information content (AvgIpc) is 2.69. The predicted molar refractivity (Wildman–Crippen MR) is 112 cm³/mol. The maximum Gasteiger partial charge on any atom is 0.305 e. The molecule has 0 saturated carbocycles. The Morgan fingerprint density at radius 2 is 0.926 bits per heavy atom. The van der Waals surface area contributed by atoms with E-state index in [1.165, 1.54) is 52.7 Å². The lowest BCUT2D eigenvalue weighted by molar-refractivity contribution is -0.141. The Morgan fingerprint density at radius 1 is 0.556 bits per heavy atom. The third kappa shape index (κ3) is 20.6. The van der Waals surface area contributed by atoms with Gasteiger partial charge < -0.3 is 9.47 Å². The molecule has 27 heavy (non-hydrogen) atoms. The highest BCUT2D eigenvalue weighted by molar-refractivity contribution is 5.69. The summed E-state index contributed by atoms with van der Waals surface area (Å²) in [5.74, 6) is -0.191. The molecule has 4 nitrogen and oxygen atoms in total. The fourth-order valence-corrected chi connectivity index (χ4v) is 2.83. The third-order valence-electron chi connectivity index (χ3n) is 4.56. The maximum atomic E-state index is 11.0. The zero-order chi connectivity index (χ0) is 20.0. The van der Waals surface area contributed by atoms with Gasteiger partial charge in [-0.15, -0.1) is 0 Å². The Bertz CT molecular complexity index is 375. The monoisotopic (exact) mass is 380 g/mol. The van der Waals surface area contributed by atoms with E-state index in [4.69, 9.17) is 0 Å². The zero-order valence-electron chi connectivity index (χ0n) is 17.5. The minimum atomic E-state index is -0.0957. The number of hydrogen-bond donors (Lipinski definition) is 0. The van der Waals surface area contributed by atoms with E-state index in [0.29, 0.717) is 12.8 Å². The van der Waals surface area contributed by atoms with Gasteiger partial charge in [0.05, 0.1) is 14.2 Å². The highest BCUT2D eigenvalue weighted by atomic mass is 16.5. The number of esters is 2. The van der Waals surface area contributed by atoms with E-state index in [9.17, 15) is 9.59 Å². The van der Waals surface area contributed by atoms with E-state index in [0.717, 1.165) is 44.9 Å². The average molecular weight is 381 g/mol. The molecule has 0 radical (unpaired) electrons. The van der Waals surface area contributed by atoms with Crippen LogP contribution >= 0.6 is 0 Å². The molecule has 0 aromatic heterocycles. The molecular formula is C23H40O4. The molecule has 0 fully saturated rings. The number of ether oxygens (including phenoxy) is 2. The first-order chi connectivity index (χ1) is 13.2. The Morgan fingerprint density at radius 3 is 1.33 bits per heavy atom. The molecule has 0 heterocycles. The first-order valence-electron chi connectivity index (χ1n) is 10.6. The van der Waals surface area contributed by atoms with Crippen LogP contribution in [0.15, 0.2) is 24.3 Å². The SMILES string of the molecule is COC(=O)CCCCCCCC=CCC=CCCCCCCCC(=O)OC. The zero-order valence-corrected chi connectivity index (χ0v) is 17.5. The molecule has 0 aliphatic carbocycles. The number of methoxy groups -OCH3 is 2. The minimum absolute atomic E-state index is 0.0957. The van der Waals surface area contributed by atoms with Gasteiger partial charge in [0.2, 0.25) is 0 Å². The van der Waals surface area contributed by atoms with Crippen LogP contribution in [0.4, 0.5) is 0 Å². The van der Waals surface area contributed by atoms with Gasteiger partial charge in [-0.05, 0) is 44.9 Å². The van der Waals surface area contributed by atoms with Crippen molar-refractivity contribution in [3.63, 3.8) is 0 Å². The van der Waals surface area contributed by atoms with Gasteiger partial charge in [0.1, 0.15) is 0 Å². The van der Waals surface area contributed by atoms with Crippen molar-refractivity contribution in [2.75, 3.05) is 14.2 Å². The van der Waals surface area contributed by atoms with E-state index in [1.807, 2.05) is 0 Å². The van der Waals surface area contributed by atoms with Gasteiger partial charge in [0.15, 0.2) is 0 Å². The summed E-state index contributed by atoms with van der Waals surface area (Å²) in [7, 11) is 2.89. The van der Waals surface area contributed by atoms with Crippen LogP contribution in [0.1, 0.15) is 96.3 Å².